The Bertz CT molecular complexity index is 216. The monoisotopic (exact) mass is 182 g/mol. The largest absolute Gasteiger partial charge is 0.378 e. The maximum Gasteiger partial charge on any atom is 0.320 e. The Hall–Kier alpha value is -1.21. The van der Waals surface area contributed by atoms with E-state index >= 15 is 0 Å². The minimum atomic E-state index is -0.0127. The van der Waals surface area contributed by atoms with Crippen molar-refractivity contribution in [2.75, 3.05) is 39.9 Å². The van der Waals surface area contributed by atoms with Gasteiger partial charge in [0.1, 0.15) is 0 Å². The van der Waals surface area contributed by atoms with Gasteiger partial charge in [0.05, 0.1) is 19.8 Å². The number of morpholine rings is 1. The van der Waals surface area contributed by atoms with Gasteiger partial charge < -0.3 is 14.5 Å². The fraction of sp³-hybridized carbons (Fsp3) is 0.667. The second-order valence-electron chi connectivity index (χ2n) is 2.94. The molecule has 4 heteroatoms. The molecule has 2 amide bonds. The van der Waals surface area contributed by atoms with Crippen molar-refractivity contribution in [3.63, 3.8) is 0 Å². The fourth-order valence-corrected chi connectivity index (χ4v) is 1.20. The third-order valence-corrected chi connectivity index (χ3v) is 1.94. The summed E-state index contributed by atoms with van der Waals surface area (Å²) in [6.07, 6.45) is 5.11. The number of ether oxygens (including phenoxy) is 1. The molecule has 13 heavy (non-hydrogen) atoms. The smallest absolute Gasteiger partial charge is 0.320 e. The molecule has 1 aliphatic rings. The van der Waals surface area contributed by atoms with Crippen LogP contribution < -0.4 is 0 Å². The Morgan fingerprint density at radius 1 is 1.62 bits per heavy atom. The summed E-state index contributed by atoms with van der Waals surface area (Å²) in [6, 6.07) is -0.0127. The average molecular weight is 182 g/mol. The van der Waals surface area contributed by atoms with E-state index in [1.165, 1.54) is 4.90 Å². The average Bonchev–Trinajstić information content (AvgIpc) is 2.18. The van der Waals surface area contributed by atoms with Crippen LogP contribution in [0.4, 0.5) is 4.79 Å². The molecule has 0 N–H and O–H groups in total. The number of hydrogen-bond acceptors (Lipinski definition) is 2. The Kier molecular flexibility index (Phi) is 3.59. The van der Waals surface area contributed by atoms with Crippen molar-refractivity contribution in [2.24, 2.45) is 0 Å². The van der Waals surface area contributed by atoms with Crippen LogP contribution in [0.1, 0.15) is 0 Å². The summed E-state index contributed by atoms with van der Waals surface area (Å²) in [4.78, 5) is 14.9. The van der Waals surface area contributed by atoms with Crippen LogP contribution in [-0.2, 0) is 4.74 Å². The molecule has 4 nitrogen and oxygen atoms in total. The van der Waals surface area contributed by atoms with Crippen LogP contribution >= 0.6 is 0 Å². The zero-order chi connectivity index (χ0) is 9.68. The van der Waals surface area contributed by atoms with E-state index in [0.29, 0.717) is 32.8 Å². The highest BCUT2D eigenvalue weighted by atomic mass is 16.5. The minimum Gasteiger partial charge on any atom is -0.378 e. The molecule has 0 atom stereocenters. The van der Waals surface area contributed by atoms with Gasteiger partial charge in [-0.25, -0.2) is 4.79 Å². The molecule has 1 saturated heterocycles. The van der Waals surface area contributed by atoms with Crippen LogP contribution in [0.3, 0.4) is 0 Å². The molecule has 1 aliphatic heterocycles. The SMILES string of the molecule is C#CCN(C)C(=O)N1CCOCC1. The molecule has 1 rings (SSSR count). The second-order valence-corrected chi connectivity index (χ2v) is 2.94. The number of carbonyl (C=O) groups is 1. The molecule has 0 bridgehead atoms. The lowest BCUT2D eigenvalue weighted by atomic mass is 10.4. The molecule has 0 aromatic carbocycles. The third-order valence-electron chi connectivity index (χ3n) is 1.94. The van der Waals surface area contributed by atoms with Crippen LogP contribution in [-0.4, -0.2) is 55.7 Å². The van der Waals surface area contributed by atoms with Gasteiger partial charge in [0.25, 0.3) is 0 Å². The topological polar surface area (TPSA) is 32.8 Å². The van der Waals surface area contributed by atoms with Crippen LogP contribution in [0.2, 0.25) is 0 Å². The van der Waals surface area contributed by atoms with E-state index in [1.807, 2.05) is 0 Å². The van der Waals surface area contributed by atoms with Crippen molar-refractivity contribution < 1.29 is 9.53 Å². The van der Waals surface area contributed by atoms with Gasteiger partial charge in [0.15, 0.2) is 0 Å². The van der Waals surface area contributed by atoms with Crippen molar-refractivity contribution in [2.45, 2.75) is 0 Å². The van der Waals surface area contributed by atoms with E-state index < -0.39 is 0 Å². The van der Waals surface area contributed by atoms with Crippen LogP contribution in [0.5, 0.6) is 0 Å². The van der Waals surface area contributed by atoms with E-state index in [4.69, 9.17) is 11.2 Å². The van der Waals surface area contributed by atoms with Crippen LogP contribution in [0.25, 0.3) is 0 Å². The lowest BCUT2D eigenvalue weighted by Crippen LogP contribution is -2.46. The standard InChI is InChI=1S/C9H14N2O2/c1-3-4-10(2)9(12)11-5-7-13-8-6-11/h1H,4-8H2,2H3. The predicted octanol–water partition coefficient (Wildman–Crippen LogP) is 0.00360. The lowest BCUT2D eigenvalue weighted by Gasteiger charge is -2.30. The number of terminal acetylenes is 1. The Morgan fingerprint density at radius 3 is 2.77 bits per heavy atom. The molecule has 0 aromatic heterocycles. The molecule has 0 aliphatic carbocycles. The Morgan fingerprint density at radius 2 is 2.23 bits per heavy atom. The predicted molar refractivity (Wildman–Crippen MR) is 49.3 cm³/mol. The minimum absolute atomic E-state index is 0.0127. The fourth-order valence-electron chi connectivity index (χ4n) is 1.20. The number of hydrogen-bond donors (Lipinski definition) is 0. The molecule has 1 heterocycles. The molecule has 0 unspecified atom stereocenters. The normalized spacial score (nSPS) is 16.5. The van der Waals surface area contributed by atoms with Crippen LogP contribution in [0, 0.1) is 12.3 Å². The van der Waals surface area contributed by atoms with Gasteiger partial charge in [-0.3, -0.25) is 0 Å². The van der Waals surface area contributed by atoms with Gasteiger partial charge in [-0.15, -0.1) is 6.42 Å². The van der Waals surface area contributed by atoms with Crippen LogP contribution in [0.15, 0.2) is 0 Å². The van der Waals surface area contributed by atoms with E-state index in [2.05, 4.69) is 5.92 Å². The number of amides is 2. The van der Waals surface area contributed by atoms with Gasteiger partial charge in [-0.1, -0.05) is 5.92 Å². The van der Waals surface area contributed by atoms with Gasteiger partial charge in [0.2, 0.25) is 0 Å². The lowest BCUT2D eigenvalue weighted by molar-refractivity contribution is 0.0462. The highest BCUT2D eigenvalue weighted by molar-refractivity contribution is 5.74. The van der Waals surface area contributed by atoms with Crippen molar-refractivity contribution in [3.05, 3.63) is 0 Å². The summed E-state index contributed by atoms with van der Waals surface area (Å²) in [6.45, 7) is 2.92. The first-order valence-corrected chi connectivity index (χ1v) is 4.27. The number of carbonyl (C=O) groups excluding carboxylic acids is 1. The Balaban J connectivity index is 2.41. The van der Waals surface area contributed by atoms with Crippen molar-refractivity contribution in [1.82, 2.24) is 9.80 Å². The zero-order valence-corrected chi connectivity index (χ0v) is 7.82. The molecule has 72 valence electrons. The van der Waals surface area contributed by atoms with E-state index in [9.17, 15) is 4.79 Å². The van der Waals surface area contributed by atoms with E-state index in [-0.39, 0.29) is 6.03 Å². The quantitative estimate of drug-likeness (QED) is 0.535. The van der Waals surface area contributed by atoms with E-state index in [1.54, 1.807) is 11.9 Å². The molecule has 1 fully saturated rings. The summed E-state index contributed by atoms with van der Waals surface area (Å²) >= 11 is 0. The number of rotatable bonds is 1. The van der Waals surface area contributed by atoms with Crippen molar-refractivity contribution >= 4 is 6.03 Å². The van der Waals surface area contributed by atoms with E-state index in [0.717, 1.165) is 0 Å². The molecular weight excluding hydrogens is 168 g/mol. The summed E-state index contributed by atoms with van der Waals surface area (Å²) in [5.74, 6) is 2.43. The number of urea groups is 1. The second kappa shape index (κ2) is 4.73. The third kappa shape index (κ3) is 2.63. The first kappa shape index (κ1) is 9.87. The summed E-state index contributed by atoms with van der Waals surface area (Å²) in [5.41, 5.74) is 0. The summed E-state index contributed by atoms with van der Waals surface area (Å²) in [7, 11) is 1.71. The van der Waals surface area contributed by atoms with Gasteiger partial charge in [-0.05, 0) is 0 Å². The van der Waals surface area contributed by atoms with Gasteiger partial charge in [0, 0.05) is 20.1 Å². The van der Waals surface area contributed by atoms with Crippen molar-refractivity contribution in [3.8, 4) is 12.3 Å². The van der Waals surface area contributed by atoms with Gasteiger partial charge in [-0.2, -0.15) is 0 Å². The Labute approximate surface area is 78.4 Å². The first-order chi connectivity index (χ1) is 6.25. The summed E-state index contributed by atoms with van der Waals surface area (Å²) < 4.78 is 5.14. The number of nitrogens with zero attached hydrogens (tertiary/aromatic N) is 2. The van der Waals surface area contributed by atoms with Crippen molar-refractivity contribution in [1.29, 1.82) is 0 Å². The maximum absolute atomic E-state index is 11.6. The van der Waals surface area contributed by atoms with Gasteiger partial charge >= 0.3 is 6.03 Å². The summed E-state index contributed by atoms with van der Waals surface area (Å²) in [5, 5.41) is 0. The zero-order valence-electron chi connectivity index (χ0n) is 7.82. The maximum atomic E-state index is 11.6. The molecular formula is C9H14N2O2. The molecule has 0 spiro atoms. The highest BCUT2D eigenvalue weighted by Gasteiger charge is 2.19. The molecule has 0 radical (unpaired) electrons. The molecule has 0 aromatic rings. The first-order valence-electron chi connectivity index (χ1n) is 4.27. The molecule has 0 saturated carbocycles. The highest BCUT2D eigenvalue weighted by Crippen LogP contribution is 2.00.